The first-order chi connectivity index (χ1) is 12.7. The third-order valence-corrected chi connectivity index (χ3v) is 4.12. The lowest BCUT2D eigenvalue weighted by Crippen LogP contribution is -2.27. The number of nitrogens with one attached hydrogen (secondary N) is 1. The fraction of sp³-hybridized carbons (Fsp3) is 0.158. The number of amides is 2. The maximum absolute atomic E-state index is 12.9. The van der Waals surface area contributed by atoms with E-state index in [0.29, 0.717) is 11.3 Å². The predicted octanol–water partition coefficient (Wildman–Crippen LogP) is 3.54. The van der Waals surface area contributed by atoms with Crippen LogP contribution in [0.3, 0.4) is 0 Å². The van der Waals surface area contributed by atoms with Gasteiger partial charge < -0.3 is 10.1 Å². The van der Waals surface area contributed by atoms with E-state index in [-0.39, 0.29) is 17.0 Å². The van der Waals surface area contributed by atoms with Crippen molar-refractivity contribution in [3.8, 4) is 5.75 Å². The van der Waals surface area contributed by atoms with Gasteiger partial charge in [0.15, 0.2) is 0 Å². The summed E-state index contributed by atoms with van der Waals surface area (Å²) in [6, 6.07) is 10.9. The summed E-state index contributed by atoms with van der Waals surface area (Å²) < 4.78 is 43.8. The zero-order chi connectivity index (χ0) is 19.8. The summed E-state index contributed by atoms with van der Waals surface area (Å²) >= 11 is 0. The highest BCUT2D eigenvalue weighted by atomic mass is 19.4. The summed E-state index contributed by atoms with van der Waals surface area (Å²) in [5, 5.41) is 2.68. The Kier molecular flexibility index (Phi) is 4.65. The van der Waals surface area contributed by atoms with Crippen LogP contribution in [0.15, 0.2) is 54.2 Å². The average Bonchev–Trinajstić information content (AvgIpc) is 2.85. The molecule has 0 unspecified atom stereocenters. The number of imide groups is 1. The van der Waals surface area contributed by atoms with Crippen molar-refractivity contribution >= 4 is 23.1 Å². The van der Waals surface area contributed by atoms with Crippen molar-refractivity contribution < 1.29 is 27.5 Å². The quantitative estimate of drug-likeness (QED) is 0.830. The fourth-order valence-electron chi connectivity index (χ4n) is 2.70. The van der Waals surface area contributed by atoms with Crippen LogP contribution >= 0.6 is 0 Å². The monoisotopic (exact) mass is 376 g/mol. The molecule has 2 aromatic carbocycles. The molecule has 2 aromatic rings. The van der Waals surface area contributed by atoms with Crippen molar-refractivity contribution in [3.05, 3.63) is 65.4 Å². The van der Waals surface area contributed by atoms with Gasteiger partial charge in [-0.15, -0.1) is 0 Å². The second kappa shape index (κ2) is 6.79. The Hall–Kier alpha value is -3.29. The van der Waals surface area contributed by atoms with Crippen molar-refractivity contribution in [2.24, 2.45) is 0 Å². The zero-order valence-corrected chi connectivity index (χ0v) is 14.4. The number of anilines is 1. The average molecular weight is 376 g/mol. The normalized spacial score (nSPS) is 14.8. The van der Waals surface area contributed by atoms with Gasteiger partial charge in [-0.1, -0.05) is 18.2 Å². The number of halogens is 3. The molecule has 0 saturated carbocycles. The molecule has 3 rings (SSSR count). The second-order valence-electron chi connectivity index (χ2n) is 5.85. The highest BCUT2D eigenvalue weighted by Crippen LogP contribution is 2.33. The summed E-state index contributed by atoms with van der Waals surface area (Å²) in [5.74, 6) is -0.597. The summed E-state index contributed by atoms with van der Waals surface area (Å²) in [4.78, 5) is 25.9. The molecule has 27 heavy (non-hydrogen) atoms. The zero-order valence-electron chi connectivity index (χ0n) is 14.4. The molecule has 0 aromatic heterocycles. The lowest BCUT2D eigenvalue weighted by atomic mass is 10.0. The van der Waals surface area contributed by atoms with E-state index in [1.54, 1.807) is 24.3 Å². The van der Waals surface area contributed by atoms with E-state index in [9.17, 15) is 22.8 Å². The van der Waals surface area contributed by atoms with Crippen LogP contribution in [0.5, 0.6) is 5.75 Å². The summed E-state index contributed by atoms with van der Waals surface area (Å²) in [5.41, 5.74) is -0.339. The number of rotatable bonds is 4. The molecule has 0 aliphatic carbocycles. The highest BCUT2D eigenvalue weighted by Gasteiger charge is 2.37. The van der Waals surface area contributed by atoms with Gasteiger partial charge in [-0.2, -0.15) is 13.2 Å². The Morgan fingerprint density at radius 3 is 2.26 bits per heavy atom. The first-order valence-electron chi connectivity index (χ1n) is 7.87. The lowest BCUT2D eigenvalue weighted by molar-refractivity contribution is -0.137. The molecule has 1 N–H and O–H groups in total. The third kappa shape index (κ3) is 3.51. The molecule has 5 nitrogen and oxygen atoms in total. The molecule has 0 atom stereocenters. The van der Waals surface area contributed by atoms with E-state index in [1.807, 2.05) is 0 Å². The maximum atomic E-state index is 12.9. The Balaban J connectivity index is 2.04. The van der Waals surface area contributed by atoms with Crippen LogP contribution in [-0.2, 0) is 15.8 Å². The van der Waals surface area contributed by atoms with Gasteiger partial charge >= 0.3 is 6.18 Å². The standard InChI is InChI=1S/C19H15F3N2O3/c1-24-17(25)15(11-6-8-14(27-2)9-7-11)16(18(24)26)23-13-5-3-4-12(10-13)19(20,21)22/h3-10,23H,1-2H3. The summed E-state index contributed by atoms with van der Waals surface area (Å²) in [6.07, 6.45) is -4.52. The number of carbonyl (C=O) groups is 2. The Bertz CT molecular complexity index is 934. The molecule has 0 fully saturated rings. The number of carbonyl (C=O) groups excluding carboxylic acids is 2. The van der Waals surface area contributed by atoms with Crippen LogP contribution in [0.1, 0.15) is 11.1 Å². The molecule has 140 valence electrons. The van der Waals surface area contributed by atoms with E-state index in [1.165, 1.54) is 26.3 Å². The number of likely N-dealkylation sites (N-methyl/N-ethyl adjacent to an activating group) is 1. The van der Waals surface area contributed by atoms with Crippen LogP contribution in [0.25, 0.3) is 5.57 Å². The number of alkyl halides is 3. The number of ether oxygens (including phenoxy) is 1. The Labute approximate surface area is 153 Å². The largest absolute Gasteiger partial charge is 0.497 e. The van der Waals surface area contributed by atoms with Gasteiger partial charge in [0, 0.05) is 12.7 Å². The van der Waals surface area contributed by atoms with Crippen LogP contribution < -0.4 is 10.1 Å². The molecular weight excluding hydrogens is 361 g/mol. The van der Waals surface area contributed by atoms with Gasteiger partial charge in [0.05, 0.1) is 18.2 Å². The van der Waals surface area contributed by atoms with E-state index >= 15 is 0 Å². The highest BCUT2D eigenvalue weighted by molar-refractivity contribution is 6.36. The van der Waals surface area contributed by atoms with E-state index in [0.717, 1.165) is 17.0 Å². The molecule has 1 aliphatic heterocycles. The van der Waals surface area contributed by atoms with Gasteiger partial charge in [-0.3, -0.25) is 14.5 Å². The van der Waals surface area contributed by atoms with Gasteiger partial charge in [0.25, 0.3) is 11.8 Å². The van der Waals surface area contributed by atoms with Crippen LogP contribution in [0.2, 0.25) is 0 Å². The van der Waals surface area contributed by atoms with Crippen LogP contribution in [0, 0.1) is 0 Å². The molecule has 0 radical (unpaired) electrons. The molecule has 2 amide bonds. The van der Waals surface area contributed by atoms with Crippen molar-refractivity contribution in [3.63, 3.8) is 0 Å². The minimum Gasteiger partial charge on any atom is -0.497 e. The molecule has 0 spiro atoms. The molecular formula is C19H15F3N2O3. The number of hydrogen-bond donors (Lipinski definition) is 1. The van der Waals surface area contributed by atoms with Gasteiger partial charge in [-0.25, -0.2) is 0 Å². The molecule has 8 heteroatoms. The first-order valence-corrected chi connectivity index (χ1v) is 7.87. The Morgan fingerprint density at radius 1 is 1.00 bits per heavy atom. The van der Waals surface area contributed by atoms with Gasteiger partial charge in [-0.05, 0) is 35.9 Å². The van der Waals surface area contributed by atoms with Crippen molar-refractivity contribution in [2.75, 3.05) is 19.5 Å². The maximum Gasteiger partial charge on any atom is 0.416 e. The number of benzene rings is 2. The Morgan fingerprint density at radius 2 is 1.67 bits per heavy atom. The van der Waals surface area contributed by atoms with Crippen molar-refractivity contribution in [2.45, 2.75) is 6.18 Å². The molecule has 1 heterocycles. The first kappa shape index (κ1) is 18.5. The van der Waals surface area contributed by atoms with E-state index in [4.69, 9.17) is 4.74 Å². The van der Waals surface area contributed by atoms with Crippen molar-refractivity contribution in [1.29, 1.82) is 0 Å². The second-order valence-corrected chi connectivity index (χ2v) is 5.85. The number of methoxy groups -OCH3 is 1. The minimum absolute atomic E-state index is 0.0577. The minimum atomic E-state index is -4.52. The molecule has 1 aliphatic rings. The number of nitrogens with zero attached hydrogens (tertiary/aromatic N) is 1. The SMILES string of the molecule is COc1ccc(C2=C(Nc3cccc(C(F)(F)F)c3)C(=O)N(C)C2=O)cc1. The van der Waals surface area contributed by atoms with Crippen LogP contribution in [0.4, 0.5) is 18.9 Å². The van der Waals surface area contributed by atoms with E-state index in [2.05, 4.69) is 5.32 Å². The fourth-order valence-corrected chi connectivity index (χ4v) is 2.70. The predicted molar refractivity (Wildman–Crippen MR) is 92.8 cm³/mol. The molecule has 0 bridgehead atoms. The number of hydrogen-bond acceptors (Lipinski definition) is 4. The van der Waals surface area contributed by atoms with Gasteiger partial charge in [0.2, 0.25) is 0 Å². The van der Waals surface area contributed by atoms with Gasteiger partial charge in [0.1, 0.15) is 11.4 Å². The third-order valence-electron chi connectivity index (χ3n) is 4.12. The summed E-state index contributed by atoms with van der Waals surface area (Å²) in [7, 11) is 2.81. The van der Waals surface area contributed by atoms with Crippen LogP contribution in [-0.4, -0.2) is 30.9 Å². The smallest absolute Gasteiger partial charge is 0.416 e. The lowest BCUT2D eigenvalue weighted by Gasteiger charge is -2.12. The summed E-state index contributed by atoms with van der Waals surface area (Å²) in [6.45, 7) is 0. The van der Waals surface area contributed by atoms with E-state index < -0.39 is 23.6 Å². The molecule has 0 saturated heterocycles. The topological polar surface area (TPSA) is 58.6 Å². The van der Waals surface area contributed by atoms with Crippen molar-refractivity contribution in [1.82, 2.24) is 4.90 Å².